The number of aliphatic hydroxyl groups excluding tert-OH is 1. The molecule has 2 aliphatic heterocycles. The highest BCUT2D eigenvalue weighted by molar-refractivity contribution is 6.46. The third-order valence-corrected chi connectivity index (χ3v) is 6.02. The maximum absolute atomic E-state index is 13.1. The Kier molecular flexibility index (Phi) is 7.59. The Morgan fingerprint density at radius 2 is 1.88 bits per heavy atom. The molecule has 3 heterocycles. The van der Waals surface area contributed by atoms with Crippen LogP contribution in [0.15, 0.2) is 54.4 Å². The molecule has 0 aliphatic carbocycles. The number of Topliss-reactive ketones (excluding diaryl/α,β-unsaturated/α-hetero) is 1. The molecule has 0 bridgehead atoms. The Hall–Kier alpha value is -3.23. The molecule has 2 fully saturated rings. The van der Waals surface area contributed by atoms with Crippen LogP contribution in [0.1, 0.15) is 37.4 Å². The van der Waals surface area contributed by atoms with E-state index in [4.69, 9.17) is 9.47 Å². The van der Waals surface area contributed by atoms with Gasteiger partial charge in [-0.2, -0.15) is 0 Å². The summed E-state index contributed by atoms with van der Waals surface area (Å²) in [4.78, 5) is 34.2. The monoisotopic (exact) mass is 465 g/mol. The van der Waals surface area contributed by atoms with Crippen LogP contribution in [0, 0.1) is 0 Å². The molecule has 0 saturated carbocycles. The maximum atomic E-state index is 13.1. The molecule has 1 amide bonds. The number of rotatable bonds is 8. The molecule has 2 saturated heterocycles. The fraction of sp³-hybridized carbons (Fsp3) is 0.423. The zero-order valence-corrected chi connectivity index (χ0v) is 19.6. The number of morpholine rings is 1. The molecular formula is C26H31N3O5. The Morgan fingerprint density at radius 1 is 1.15 bits per heavy atom. The number of amides is 1. The van der Waals surface area contributed by atoms with Crippen LogP contribution in [0.4, 0.5) is 0 Å². The van der Waals surface area contributed by atoms with E-state index in [-0.39, 0.29) is 17.4 Å². The fourth-order valence-corrected chi connectivity index (χ4v) is 4.40. The molecule has 1 aromatic carbocycles. The summed E-state index contributed by atoms with van der Waals surface area (Å²) in [5.41, 5.74) is 1.23. The molecular weight excluding hydrogens is 434 g/mol. The molecule has 0 spiro atoms. The molecule has 180 valence electrons. The SMILES string of the molecule is CC(C)Oc1ccc(C(O)=C2C(=O)C(=O)N(CCCN3CCOCC3)C2c2cccnc2)cc1. The van der Waals surface area contributed by atoms with Gasteiger partial charge in [-0.05, 0) is 56.2 Å². The fourth-order valence-electron chi connectivity index (χ4n) is 4.40. The van der Waals surface area contributed by atoms with E-state index >= 15 is 0 Å². The minimum Gasteiger partial charge on any atom is -0.507 e. The van der Waals surface area contributed by atoms with Crippen LogP contribution in [-0.4, -0.2) is 77.1 Å². The van der Waals surface area contributed by atoms with Crippen molar-refractivity contribution in [2.75, 3.05) is 39.4 Å². The van der Waals surface area contributed by atoms with Crippen LogP contribution in [0.5, 0.6) is 5.75 Å². The van der Waals surface area contributed by atoms with Crippen LogP contribution in [0.25, 0.3) is 5.76 Å². The van der Waals surface area contributed by atoms with E-state index in [0.717, 1.165) is 19.6 Å². The van der Waals surface area contributed by atoms with Crippen molar-refractivity contribution < 1.29 is 24.2 Å². The molecule has 2 aromatic rings. The Balaban J connectivity index is 1.62. The Morgan fingerprint density at radius 3 is 2.53 bits per heavy atom. The smallest absolute Gasteiger partial charge is 0.295 e. The predicted molar refractivity (Wildman–Crippen MR) is 127 cm³/mol. The number of carbonyl (C=O) groups excluding carboxylic acids is 2. The van der Waals surface area contributed by atoms with Crippen molar-refractivity contribution in [1.29, 1.82) is 0 Å². The zero-order valence-electron chi connectivity index (χ0n) is 19.6. The highest BCUT2D eigenvalue weighted by Gasteiger charge is 2.45. The molecule has 8 nitrogen and oxygen atoms in total. The molecule has 34 heavy (non-hydrogen) atoms. The molecule has 1 N–H and O–H groups in total. The Bertz CT molecular complexity index is 1030. The Labute approximate surface area is 199 Å². The van der Waals surface area contributed by atoms with Gasteiger partial charge in [0, 0.05) is 44.1 Å². The normalized spacial score (nSPS) is 20.8. The molecule has 1 aromatic heterocycles. The van der Waals surface area contributed by atoms with E-state index < -0.39 is 17.7 Å². The van der Waals surface area contributed by atoms with Crippen molar-refractivity contribution >= 4 is 17.4 Å². The first-order valence-electron chi connectivity index (χ1n) is 11.7. The number of aliphatic hydroxyl groups is 1. The van der Waals surface area contributed by atoms with Crippen LogP contribution in [-0.2, 0) is 14.3 Å². The van der Waals surface area contributed by atoms with Crippen molar-refractivity contribution in [3.05, 3.63) is 65.5 Å². The first-order chi connectivity index (χ1) is 16.5. The van der Waals surface area contributed by atoms with Crippen molar-refractivity contribution in [2.45, 2.75) is 32.4 Å². The second-order valence-electron chi connectivity index (χ2n) is 8.78. The lowest BCUT2D eigenvalue weighted by Gasteiger charge is -2.29. The second-order valence-corrected chi connectivity index (χ2v) is 8.78. The van der Waals surface area contributed by atoms with Gasteiger partial charge in [0.2, 0.25) is 0 Å². The van der Waals surface area contributed by atoms with Gasteiger partial charge in [0.15, 0.2) is 0 Å². The topological polar surface area (TPSA) is 92.2 Å². The summed E-state index contributed by atoms with van der Waals surface area (Å²) in [6.07, 6.45) is 4.01. The average molecular weight is 466 g/mol. The van der Waals surface area contributed by atoms with Crippen molar-refractivity contribution in [3.63, 3.8) is 0 Å². The third kappa shape index (κ3) is 5.29. The molecule has 0 radical (unpaired) electrons. The molecule has 2 aliphatic rings. The van der Waals surface area contributed by atoms with Crippen LogP contribution in [0.3, 0.4) is 0 Å². The molecule has 8 heteroatoms. The van der Waals surface area contributed by atoms with E-state index in [0.29, 0.717) is 43.1 Å². The van der Waals surface area contributed by atoms with Crippen molar-refractivity contribution in [2.24, 2.45) is 0 Å². The number of ether oxygens (including phenoxy) is 2. The van der Waals surface area contributed by atoms with Gasteiger partial charge in [0.05, 0.1) is 30.9 Å². The van der Waals surface area contributed by atoms with Crippen molar-refractivity contribution in [1.82, 2.24) is 14.8 Å². The van der Waals surface area contributed by atoms with E-state index in [9.17, 15) is 14.7 Å². The van der Waals surface area contributed by atoms with Gasteiger partial charge in [-0.25, -0.2) is 0 Å². The van der Waals surface area contributed by atoms with Crippen LogP contribution in [0.2, 0.25) is 0 Å². The number of benzene rings is 1. The van der Waals surface area contributed by atoms with Crippen LogP contribution >= 0.6 is 0 Å². The molecule has 4 rings (SSSR count). The second kappa shape index (κ2) is 10.8. The van der Waals surface area contributed by atoms with E-state index in [1.165, 1.54) is 0 Å². The number of aromatic nitrogens is 1. The quantitative estimate of drug-likeness (QED) is 0.364. The van der Waals surface area contributed by atoms with Gasteiger partial charge in [-0.1, -0.05) is 6.07 Å². The summed E-state index contributed by atoms with van der Waals surface area (Å²) in [6.45, 7) is 8.22. The number of nitrogens with zero attached hydrogens (tertiary/aromatic N) is 3. The lowest BCUT2D eigenvalue weighted by molar-refractivity contribution is -0.140. The summed E-state index contributed by atoms with van der Waals surface area (Å²) in [5.74, 6) is -0.810. The van der Waals surface area contributed by atoms with Crippen LogP contribution < -0.4 is 4.74 Å². The minimum atomic E-state index is -0.690. The third-order valence-electron chi connectivity index (χ3n) is 6.02. The van der Waals surface area contributed by atoms with Gasteiger partial charge in [-0.15, -0.1) is 0 Å². The largest absolute Gasteiger partial charge is 0.507 e. The summed E-state index contributed by atoms with van der Waals surface area (Å²) < 4.78 is 11.1. The van der Waals surface area contributed by atoms with E-state index in [1.807, 2.05) is 19.9 Å². The zero-order chi connectivity index (χ0) is 24.1. The number of hydrogen-bond acceptors (Lipinski definition) is 7. The lowest BCUT2D eigenvalue weighted by Crippen LogP contribution is -2.39. The van der Waals surface area contributed by atoms with Gasteiger partial charge in [-0.3, -0.25) is 19.5 Å². The van der Waals surface area contributed by atoms with E-state index in [2.05, 4.69) is 9.88 Å². The highest BCUT2D eigenvalue weighted by atomic mass is 16.5. The summed E-state index contributed by atoms with van der Waals surface area (Å²) in [6, 6.07) is 9.77. The lowest BCUT2D eigenvalue weighted by atomic mass is 9.96. The number of hydrogen-bond donors (Lipinski definition) is 1. The number of ketones is 1. The number of likely N-dealkylation sites (tertiary alicyclic amines) is 1. The standard InChI is InChI=1S/C26H31N3O5/c1-18(2)34-21-8-6-19(7-9-21)24(30)22-23(20-5-3-10-27-17-20)29(26(32)25(22)31)12-4-11-28-13-15-33-16-14-28/h3,5-10,17-18,23,30H,4,11-16H2,1-2H3. The minimum absolute atomic E-state index is 0.0211. The summed E-state index contributed by atoms with van der Waals surface area (Å²) in [5, 5.41) is 11.2. The number of carbonyl (C=O) groups is 2. The van der Waals surface area contributed by atoms with E-state index in [1.54, 1.807) is 47.6 Å². The predicted octanol–water partition coefficient (Wildman–Crippen LogP) is 3.01. The van der Waals surface area contributed by atoms with Gasteiger partial charge in [0.25, 0.3) is 11.7 Å². The van der Waals surface area contributed by atoms with Crippen molar-refractivity contribution in [3.8, 4) is 5.75 Å². The highest BCUT2D eigenvalue weighted by Crippen LogP contribution is 2.39. The number of pyridine rings is 1. The van der Waals surface area contributed by atoms with Gasteiger partial charge < -0.3 is 19.5 Å². The summed E-state index contributed by atoms with van der Waals surface area (Å²) in [7, 11) is 0. The molecule has 1 atom stereocenters. The van der Waals surface area contributed by atoms with Gasteiger partial charge in [0.1, 0.15) is 11.5 Å². The van der Waals surface area contributed by atoms with Gasteiger partial charge >= 0.3 is 0 Å². The maximum Gasteiger partial charge on any atom is 0.295 e. The summed E-state index contributed by atoms with van der Waals surface area (Å²) >= 11 is 0. The average Bonchev–Trinajstić information content (AvgIpc) is 3.10. The first-order valence-corrected chi connectivity index (χ1v) is 11.7. The molecule has 1 unspecified atom stereocenters. The first kappa shape index (κ1) is 23.9.